The first kappa shape index (κ1) is 19.0. The minimum Gasteiger partial charge on any atom is -0.495 e. The Balaban J connectivity index is 1.43. The third-order valence-corrected chi connectivity index (χ3v) is 3.77. The van der Waals surface area contributed by atoms with Crippen molar-refractivity contribution in [1.29, 1.82) is 0 Å². The molecule has 146 valence electrons. The van der Waals surface area contributed by atoms with Crippen LogP contribution in [0.25, 0.3) is 0 Å². The highest BCUT2D eigenvalue weighted by atomic mass is 16.7. The highest BCUT2D eigenvalue weighted by molar-refractivity contribution is 5.97. The fourth-order valence-corrected chi connectivity index (χ4v) is 2.42. The van der Waals surface area contributed by atoms with Crippen LogP contribution in [0.4, 0.5) is 5.69 Å². The lowest BCUT2D eigenvalue weighted by Crippen LogP contribution is -2.32. The highest BCUT2D eigenvalue weighted by Gasteiger charge is 2.17. The van der Waals surface area contributed by atoms with Crippen LogP contribution in [0.1, 0.15) is 10.4 Å². The summed E-state index contributed by atoms with van der Waals surface area (Å²) in [5.41, 5.74) is 0.771. The molecule has 0 fully saturated rings. The summed E-state index contributed by atoms with van der Waals surface area (Å²) in [6, 6.07) is 11.5. The summed E-state index contributed by atoms with van der Waals surface area (Å²) < 4.78 is 20.3. The van der Waals surface area contributed by atoms with E-state index in [9.17, 15) is 14.4 Å². The van der Waals surface area contributed by atoms with Crippen LogP contribution < -0.4 is 24.8 Å². The predicted molar refractivity (Wildman–Crippen MR) is 97.5 cm³/mol. The van der Waals surface area contributed by atoms with Crippen molar-refractivity contribution in [2.24, 2.45) is 0 Å². The molecule has 0 aliphatic carbocycles. The maximum Gasteiger partial charge on any atom is 0.325 e. The van der Waals surface area contributed by atoms with E-state index in [-0.39, 0.29) is 13.3 Å². The van der Waals surface area contributed by atoms with Crippen LogP contribution in [-0.4, -0.2) is 44.8 Å². The monoisotopic (exact) mass is 386 g/mol. The number of esters is 1. The fraction of sp³-hybridized carbons (Fsp3) is 0.211. The van der Waals surface area contributed by atoms with Gasteiger partial charge < -0.3 is 29.6 Å². The molecule has 28 heavy (non-hydrogen) atoms. The van der Waals surface area contributed by atoms with E-state index in [0.29, 0.717) is 28.5 Å². The van der Waals surface area contributed by atoms with Gasteiger partial charge in [-0.2, -0.15) is 0 Å². The van der Waals surface area contributed by atoms with Crippen molar-refractivity contribution >= 4 is 23.5 Å². The molecule has 3 rings (SSSR count). The first-order valence-corrected chi connectivity index (χ1v) is 8.33. The first-order chi connectivity index (χ1) is 13.6. The Kier molecular flexibility index (Phi) is 5.95. The SMILES string of the molecule is COc1ccccc1NC(=O)COC(=O)CNC(=O)c1ccc2c(c1)OCO2. The average molecular weight is 386 g/mol. The molecule has 0 bridgehead atoms. The number of hydrogen-bond donors (Lipinski definition) is 2. The Bertz CT molecular complexity index is 898. The average Bonchev–Trinajstić information content (AvgIpc) is 3.18. The van der Waals surface area contributed by atoms with E-state index in [1.165, 1.54) is 13.2 Å². The molecule has 1 aliphatic rings. The van der Waals surface area contributed by atoms with Gasteiger partial charge in [0.25, 0.3) is 11.8 Å². The Morgan fingerprint density at radius 3 is 2.68 bits per heavy atom. The molecule has 0 saturated heterocycles. The molecule has 1 aliphatic heterocycles. The highest BCUT2D eigenvalue weighted by Crippen LogP contribution is 2.32. The smallest absolute Gasteiger partial charge is 0.325 e. The van der Waals surface area contributed by atoms with E-state index >= 15 is 0 Å². The van der Waals surface area contributed by atoms with Gasteiger partial charge in [0, 0.05) is 5.56 Å². The number of benzene rings is 2. The Hall–Kier alpha value is -3.75. The fourth-order valence-electron chi connectivity index (χ4n) is 2.42. The summed E-state index contributed by atoms with van der Waals surface area (Å²) in [5, 5.41) is 5.00. The molecule has 0 aromatic heterocycles. The summed E-state index contributed by atoms with van der Waals surface area (Å²) in [4.78, 5) is 35.7. The molecule has 0 unspecified atom stereocenters. The zero-order valence-electron chi connectivity index (χ0n) is 15.0. The molecule has 0 spiro atoms. The van der Waals surface area contributed by atoms with Gasteiger partial charge in [-0.1, -0.05) is 12.1 Å². The number of para-hydroxylation sites is 2. The number of carbonyl (C=O) groups is 3. The molecule has 0 radical (unpaired) electrons. The summed E-state index contributed by atoms with van der Waals surface area (Å²) >= 11 is 0. The van der Waals surface area contributed by atoms with Gasteiger partial charge in [-0.3, -0.25) is 14.4 Å². The number of anilines is 1. The van der Waals surface area contributed by atoms with Gasteiger partial charge in [0.05, 0.1) is 12.8 Å². The normalized spacial score (nSPS) is 11.5. The molecule has 0 atom stereocenters. The predicted octanol–water partition coefficient (Wildman–Crippen LogP) is 1.34. The van der Waals surface area contributed by atoms with Crippen LogP contribution in [-0.2, 0) is 14.3 Å². The lowest BCUT2D eigenvalue weighted by atomic mass is 10.2. The number of amides is 2. The quantitative estimate of drug-likeness (QED) is 0.691. The van der Waals surface area contributed by atoms with Crippen LogP contribution in [0.5, 0.6) is 17.2 Å². The van der Waals surface area contributed by atoms with Gasteiger partial charge in [0.1, 0.15) is 12.3 Å². The maximum atomic E-state index is 12.1. The number of rotatable bonds is 7. The van der Waals surface area contributed by atoms with Crippen LogP contribution in [0.2, 0.25) is 0 Å². The number of methoxy groups -OCH3 is 1. The Morgan fingerprint density at radius 2 is 1.86 bits per heavy atom. The minimum absolute atomic E-state index is 0.101. The zero-order valence-corrected chi connectivity index (χ0v) is 15.0. The molecule has 2 aromatic rings. The number of fused-ring (bicyclic) bond motifs is 1. The summed E-state index contributed by atoms with van der Waals surface area (Å²) in [6.07, 6.45) is 0. The standard InChI is InChI=1S/C19H18N2O7/c1-25-14-5-3-2-4-13(14)21-17(22)10-26-18(23)9-20-19(24)12-6-7-15-16(8-12)28-11-27-15/h2-8H,9-11H2,1H3,(H,20,24)(H,21,22). The molecule has 0 saturated carbocycles. The third kappa shape index (κ3) is 4.70. The van der Waals surface area contributed by atoms with Gasteiger partial charge >= 0.3 is 5.97 Å². The second-order valence-corrected chi connectivity index (χ2v) is 5.66. The van der Waals surface area contributed by atoms with Crippen LogP contribution in [0.3, 0.4) is 0 Å². The lowest BCUT2D eigenvalue weighted by Gasteiger charge is -2.10. The maximum absolute atomic E-state index is 12.1. The van der Waals surface area contributed by atoms with Crippen LogP contribution in [0.15, 0.2) is 42.5 Å². The van der Waals surface area contributed by atoms with E-state index in [1.807, 2.05) is 0 Å². The second-order valence-electron chi connectivity index (χ2n) is 5.66. The molecule has 9 nitrogen and oxygen atoms in total. The second kappa shape index (κ2) is 8.76. The molecule has 9 heteroatoms. The van der Waals surface area contributed by atoms with Crippen molar-refractivity contribution < 1.29 is 33.3 Å². The molecular weight excluding hydrogens is 368 g/mol. The van der Waals surface area contributed by atoms with Crippen LogP contribution in [0, 0.1) is 0 Å². The van der Waals surface area contributed by atoms with Gasteiger partial charge in [-0.25, -0.2) is 0 Å². The number of nitrogens with one attached hydrogen (secondary N) is 2. The van der Waals surface area contributed by atoms with Gasteiger partial charge in [0.15, 0.2) is 18.1 Å². The van der Waals surface area contributed by atoms with Gasteiger partial charge in [-0.15, -0.1) is 0 Å². The first-order valence-electron chi connectivity index (χ1n) is 8.33. The molecule has 1 heterocycles. The minimum atomic E-state index is -0.746. The Morgan fingerprint density at radius 1 is 1.07 bits per heavy atom. The summed E-state index contributed by atoms with van der Waals surface area (Å²) in [7, 11) is 1.48. The van der Waals surface area contributed by atoms with Crippen molar-refractivity contribution in [3.8, 4) is 17.2 Å². The lowest BCUT2D eigenvalue weighted by molar-refractivity contribution is -0.146. The molecule has 2 N–H and O–H groups in total. The van der Waals surface area contributed by atoms with E-state index in [1.54, 1.807) is 36.4 Å². The topological polar surface area (TPSA) is 112 Å². The third-order valence-electron chi connectivity index (χ3n) is 3.77. The van der Waals surface area contributed by atoms with E-state index in [2.05, 4.69) is 10.6 Å². The van der Waals surface area contributed by atoms with E-state index < -0.39 is 24.4 Å². The number of carbonyl (C=O) groups excluding carboxylic acids is 3. The van der Waals surface area contributed by atoms with Crippen molar-refractivity contribution in [1.82, 2.24) is 5.32 Å². The van der Waals surface area contributed by atoms with Crippen molar-refractivity contribution in [3.63, 3.8) is 0 Å². The van der Waals surface area contributed by atoms with Gasteiger partial charge in [-0.05, 0) is 30.3 Å². The summed E-state index contributed by atoms with van der Waals surface area (Å²) in [5.74, 6) is -0.253. The van der Waals surface area contributed by atoms with Crippen molar-refractivity contribution in [2.45, 2.75) is 0 Å². The van der Waals surface area contributed by atoms with E-state index in [4.69, 9.17) is 18.9 Å². The van der Waals surface area contributed by atoms with Gasteiger partial charge in [0.2, 0.25) is 6.79 Å². The molecule has 2 aromatic carbocycles. The number of ether oxygens (including phenoxy) is 4. The van der Waals surface area contributed by atoms with Crippen LogP contribution >= 0.6 is 0 Å². The summed E-state index contributed by atoms with van der Waals surface area (Å²) in [6.45, 7) is -0.768. The van der Waals surface area contributed by atoms with E-state index in [0.717, 1.165) is 0 Å². The Labute approximate surface area is 160 Å². The number of hydrogen-bond acceptors (Lipinski definition) is 7. The largest absolute Gasteiger partial charge is 0.495 e. The molecular formula is C19H18N2O7. The van der Waals surface area contributed by atoms with Crippen molar-refractivity contribution in [2.75, 3.05) is 32.4 Å². The molecule has 2 amide bonds. The van der Waals surface area contributed by atoms with Crippen molar-refractivity contribution in [3.05, 3.63) is 48.0 Å². The zero-order chi connectivity index (χ0) is 19.9.